The fourth-order valence-electron chi connectivity index (χ4n) is 5.82. The Bertz CT molecular complexity index is 1240. The minimum Gasteiger partial charge on any atom is -0.0747 e. The molecule has 194 valence electrons. The number of rotatable bonds is 9. The Kier molecular flexibility index (Phi) is 8.98. The van der Waals surface area contributed by atoms with Gasteiger partial charge in [-0.1, -0.05) is 160 Å². The summed E-state index contributed by atoms with van der Waals surface area (Å²) in [5.41, 5.74) is 0. The van der Waals surface area contributed by atoms with Crippen molar-refractivity contribution in [2.75, 3.05) is 24.6 Å². The molecule has 1 saturated heterocycles. The van der Waals surface area contributed by atoms with Crippen LogP contribution in [0.4, 0.5) is 0 Å². The van der Waals surface area contributed by atoms with Gasteiger partial charge in [-0.15, -0.1) is 0 Å². The van der Waals surface area contributed by atoms with Crippen LogP contribution in [0.2, 0.25) is 0 Å². The highest BCUT2D eigenvalue weighted by molar-refractivity contribution is 7.73. The minimum absolute atomic E-state index is 0.135. The summed E-state index contributed by atoms with van der Waals surface area (Å²) in [5.74, 6) is 1.47. The smallest absolute Gasteiger partial charge is 0.0195 e. The van der Waals surface area contributed by atoms with E-state index >= 15 is 0 Å². The highest BCUT2D eigenvalue weighted by Crippen LogP contribution is 2.54. The van der Waals surface area contributed by atoms with Crippen LogP contribution < -0.4 is 26.5 Å². The van der Waals surface area contributed by atoms with E-state index in [4.69, 9.17) is 0 Å². The molecule has 5 aromatic rings. The van der Waals surface area contributed by atoms with Crippen LogP contribution in [0.3, 0.4) is 0 Å². The summed E-state index contributed by atoms with van der Waals surface area (Å²) in [6, 6.07) is 56.7. The van der Waals surface area contributed by atoms with Crippen LogP contribution in [0.15, 0.2) is 152 Å². The Morgan fingerprint density at radius 3 is 1.00 bits per heavy atom. The van der Waals surface area contributed by atoms with E-state index in [2.05, 4.69) is 152 Å². The van der Waals surface area contributed by atoms with Gasteiger partial charge in [0.05, 0.1) is 0 Å². The number of hydrogen-bond acceptors (Lipinski definition) is 0. The van der Waals surface area contributed by atoms with Crippen LogP contribution in [0.5, 0.6) is 0 Å². The van der Waals surface area contributed by atoms with Crippen molar-refractivity contribution in [3.05, 3.63) is 152 Å². The standard InChI is InChI=1S/C36H35P3/c1-6-16-32(17-7-1)37-26-30(28-38(33-18-8-2-9-19-33)34-20-10-3-11-21-34)31(27-37)29-39(35-22-12-4-13-23-35)36-24-14-5-15-25-36/h1-25,30-31H,26-29H2/t30-,31-/m1/s1. The largest absolute Gasteiger partial charge is 0.0747 e. The predicted molar refractivity (Wildman–Crippen MR) is 178 cm³/mol. The third-order valence-corrected chi connectivity index (χ3v) is 16.0. The Hall–Kier alpha value is -2.61. The molecule has 1 aliphatic rings. The Morgan fingerprint density at radius 1 is 0.410 bits per heavy atom. The molecule has 6 rings (SSSR count). The van der Waals surface area contributed by atoms with Gasteiger partial charge in [0, 0.05) is 0 Å². The van der Waals surface area contributed by atoms with Crippen LogP contribution >= 0.6 is 23.8 Å². The Labute approximate surface area is 237 Å². The topological polar surface area (TPSA) is 0 Å². The highest BCUT2D eigenvalue weighted by Gasteiger charge is 2.38. The molecule has 0 aromatic heterocycles. The molecular weight excluding hydrogens is 525 g/mol. The van der Waals surface area contributed by atoms with Crippen LogP contribution in [-0.2, 0) is 0 Å². The second-order valence-electron chi connectivity index (χ2n) is 10.3. The van der Waals surface area contributed by atoms with Crippen LogP contribution in [0.1, 0.15) is 0 Å². The van der Waals surface area contributed by atoms with E-state index in [9.17, 15) is 0 Å². The van der Waals surface area contributed by atoms with Gasteiger partial charge in [0.1, 0.15) is 0 Å². The normalized spacial score (nSPS) is 19.0. The molecule has 1 fully saturated rings. The van der Waals surface area contributed by atoms with E-state index in [1.165, 1.54) is 45.9 Å². The summed E-state index contributed by atoms with van der Waals surface area (Å²) in [6.45, 7) is 0. The van der Waals surface area contributed by atoms with Gasteiger partial charge in [0.15, 0.2) is 0 Å². The molecule has 0 bridgehead atoms. The van der Waals surface area contributed by atoms with Gasteiger partial charge in [-0.25, -0.2) is 0 Å². The van der Waals surface area contributed by atoms with Gasteiger partial charge in [-0.05, 0) is 78.8 Å². The number of hydrogen-bond donors (Lipinski definition) is 0. The molecule has 0 nitrogen and oxygen atoms in total. The molecule has 0 unspecified atom stereocenters. The maximum atomic E-state index is 2.39. The maximum absolute atomic E-state index is 2.39. The van der Waals surface area contributed by atoms with Crippen molar-refractivity contribution in [2.24, 2.45) is 11.8 Å². The second kappa shape index (κ2) is 13.2. The molecule has 0 amide bonds. The molecule has 3 heteroatoms. The molecule has 0 N–H and O–H groups in total. The zero-order valence-electron chi connectivity index (χ0n) is 22.3. The first-order chi connectivity index (χ1) is 19.3. The first-order valence-electron chi connectivity index (χ1n) is 13.9. The lowest BCUT2D eigenvalue weighted by Crippen LogP contribution is -2.27. The molecule has 0 aliphatic carbocycles. The Balaban J connectivity index is 1.35. The first kappa shape index (κ1) is 26.6. The van der Waals surface area contributed by atoms with E-state index in [1.54, 1.807) is 5.30 Å². The summed E-state index contributed by atoms with van der Waals surface area (Å²) in [7, 11) is -0.920. The lowest BCUT2D eigenvalue weighted by Gasteiger charge is -2.29. The molecule has 0 spiro atoms. The monoisotopic (exact) mass is 560 g/mol. The summed E-state index contributed by atoms with van der Waals surface area (Å²) < 4.78 is 0. The fraction of sp³-hybridized carbons (Fsp3) is 0.167. The second-order valence-corrected chi connectivity index (χ2v) is 17.2. The molecule has 0 saturated carbocycles. The minimum atomic E-state index is -0.392. The van der Waals surface area contributed by atoms with Crippen molar-refractivity contribution in [3.63, 3.8) is 0 Å². The molecule has 1 heterocycles. The van der Waals surface area contributed by atoms with E-state index < -0.39 is 15.8 Å². The third kappa shape index (κ3) is 6.59. The maximum Gasteiger partial charge on any atom is -0.0195 e. The Morgan fingerprint density at radius 2 is 0.692 bits per heavy atom. The van der Waals surface area contributed by atoms with Crippen LogP contribution in [-0.4, -0.2) is 24.6 Å². The van der Waals surface area contributed by atoms with Crippen molar-refractivity contribution < 1.29 is 0 Å². The molecule has 1 aliphatic heterocycles. The first-order valence-corrected chi connectivity index (χ1v) is 18.7. The summed E-state index contributed by atoms with van der Waals surface area (Å²) in [4.78, 5) is 0. The molecule has 0 radical (unpaired) electrons. The predicted octanol–water partition coefficient (Wildman–Crippen LogP) is 7.31. The van der Waals surface area contributed by atoms with Crippen molar-refractivity contribution in [1.29, 1.82) is 0 Å². The molecule has 5 aromatic carbocycles. The van der Waals surface area contributed by atoms with E-state index in [0.29, 0.717) is 0 Å². The van der Waals surface area contributed by atoms with E-state index in [-0.39, 0.29) is 7.92 Å². The van der Waals surface area contributed by atoms with Crippen molar-refractivity contribution >= 4 is 50.3 Å². The van der Waals surface area contributed by atoms with E-state index in [0.717, 1.165) is 11.8 Å². The number of benzene rings is 5. The fourth-order valence-corrected chi connectivity index (χ4v) is 14.7. The average molecular weight is 561 g/mol. The molecule has 39 heavy (non-hydrogen) atoms. The van der Waals surface area contributed by atoms with Crippen LogP contribution in [0, 0.1) is 11.8 Å². The van der Waals surface area contributed by atoms with Gasteiger partial charge in [0.2, 0.25) is 0 Å². The van der Waals surface area contributed by atoms with Crippen molar-refractivity contribution in [2.45, 2.75) is 0 Å². The SMILES string of the molecule is c1ccc(P2C[C@H](CP(c3ccccc3)c3ccccc3)[C@@H](CP(c3ccccc3)c3ccccc3)C2)cc1. The zero-order valence-corrected chi connectivity index (χ0v) is 24.9. The van der Waals surface area contributed by atoms with Gasteiger partial charge in [-0.2, -0.15) is 0 Å². The zero-order chi connectivity index (χ0) is 26.3. The highest BCUT2D eigenvalue weighted by atomic mass is 31.1. The van der Waals surface area contributed by atoms with Crippen molar-refractivity contribution in [1.82, 2.24) is 0 Å². The van der Waals surface area contributed by atoms with Gasteiger partial charge < -0.3 is 0 Å². The molecular formula is C36H35P3. The van der Waals surface area contributed by atoms with Gasteiger partial charge in [0.25, 0.3) is 0 Å². The summed E-state index contributed by atoms with van der Waals surface area (Å²) in [6.07, 6.45) is 5.28. The quantitative estimate of drug-likeness (QED) is 0.166. The van der Waals surface area contributed by atoms with Gasteiger partial charge >= 0.3 is 0 Å². The lowest BCUT2D eigenvalue weighted by molar-refractivity contribution is 0.507. The third-order valence-electron chi connectivity index (χ3n) is 7.80. The summed E-state index contributed by atoms with van der Waals surface area (Å²) >= 11 is 0. The lowest BCUT2D eigenvalue weighted by atomic mass is 10.0. The summed E-state index contributed by atoms with van der Waals surface area (Å²) in [5, 5.41) is 7.65. The van der Waals surface area contributed by atoms with E-state index in [1.807, 2.05) is 0 Å². The van der Waals surface area contributed by atoms with Crippen molar-refractivity contribution in [3.8, 4) is 0 Å². The molecule has 2 atom stereocenters. The van der Waals surface area contributed by atoms with Crippen LogP contribution in [0.25, 0.3) is 0 Å². The van der Waals surface area contributed by atoms with Gasteiger partial charge in [-0.3, -0.25) is 0 Å². The average Bonchev–Trinajstić information content (AvgIpc) is 3.43.